The van der Waals surface area contributed by atoms with Gasteiger partial charge in [-0.3, -0.25) is 0 Å². The first-order chi connectivity index (χ1) is 10.8. The molecular formula is C18H22ClNO3. The average molecular weight is 336 g/mol. The third-order valence-corrected chi connectivity index (χ3v) is 4.17. The SMILES string of the molecule is COC(=O)c1ccc(-c2ccc(CNC3CCCC3)o2)cc1.Cl. The lowest BCUT2D eigenvalue weighted by Gasteiger charge is -2.09. The van der Waals surface area contributed by atoms with Crippen LogP contribution in [-0.4, -0.2) is 19.1 Å². The fraction of sp³-hybridized carbons (Fsp3) is 0.389. The van der Waals surface area contributed by atoms with Crippen molar-refractivity contribution in [1.82, 2.24) is 5.32 Å². The molecule has 1 aliphatic rings. The smallest absolute Gasteiger partial charge is 0.337 e. The lowest BCUT2D eigenvalue weighted by molar-refractivity contribution is 0.0601. The van der Waals surface area contributed by atoms with Crippen molar-refractivity contribution in [3.05, 3.63) is 47.7 Å². The number of carbonyl (C=O) groups excluding carboxylic acids is 1. The normalized spacial score (nSPS) is 14.5. The number of hydrogen-bond donors (Lipinski definition) is 1. The minimum atomic E-state index is -0.326. The van der Waals surface area contributed by atoms with Crippen LogP contribution in [0.15, 0.2) is 40.8 Å². The zero-order chi connectivity index (χ0) is 15.4. The van der Waals surface area contributed by atoms with Gasteiger partial charge in [0.1, 0.15) is 11.5 Å². The van der Waals surface area contributed by atoms with Crippen LogP contribution in [0.1, 0.15) is 41.8 Å². The Morgan fingerprint density at radius 3 is 2.52 bits per heavy atom. The summed E-state index contributed by atoms with van der Waals surface area (Å²) in [7, 11) is 1.38. The molecule has 1 aromatic carbocycles. The molecule has 0 radical (unpaired) electrons. The van der Waals surface area contributed by atoms with Gasteiger partial charge in [-0.25, -0.2) is 4.79 Å². The number of methoxy groups -OCH3 is 1. The van der Waals surface area contributed by atoms with Crippen molar-refractivity contribution in [2.75, 3.05) is 7.11 Å². The van der Waals surface area contributed by atoms with E-state index in [1.165, 1.54) is 32.8 Å². The average Bonchev–Trinajstić information content (AvgIpc) is 3.24. The summed E-state index contributed by atoms with van der Waals surface area (Å²) in [5.41, 5.74) is 1.50. The minimum Gasteiger partial charge on any atom is -0.465 e. The molecule has 0 amide bonds. The highest BCUT2D eigenvalue weighted by Crippen LogP contribution is 2.23. The fourth-order valence-electron chi connectivity index (χ4n) is 2.89. The zero-order valence-electron chi connectivity index (χ0n) is 13.2. The quantitative estimate of drug-likeness (QED) is 0.832. The molecule has 23 heavy (non-hydrogen) atoms. The van der Waals surface area contributed by atoms with E-state index >= 15 is 0 Å². The van der Waals surface area contributed by atoms with Crippen LogP contribution >= 0.6 is 12.4 Å². The summed E-state index contributed by atoms with van der Waals surface area (Å²) in [5, 5.41) is 3.54. The molecule has 1 aliphatic carbocycles. The molecule has 1 aromatic heterocycles. The van der Waals surface area contributed by atoms with Gasteiger partial charge in [-0.1, -0.05) is 25.0 Å². The maximum absolute atomic E-state index is 11.4. The van der Waals surface area contributed by atoms with Crippen molar-refractivity contribution in [2.24, 2.45) is 0 Å². The molecule has 0 saturated heterocycles. The van der Waals surface area contributed by atoms with E-state index < -0.39 is 0 Å². The van der Waals surface area contributed by atoms with Gasteiger partial charge in [-0.2, -0.15) is 0 Å². The molecule has 0 spiro atoms. The summed E-state index contributed by atoms with van der Waals surface area (Å²) < 4.78 is 10.6. The van der Waals surface area contributed by atoms with Gasteiger partial charge < -0.3 is 14.5 Å². The lowest BCUT2D eigenvalue weighted by Crippen LogP contribution is -2.24. The third-order valence-electron chi connectivity index (χ3n) is 4.17. The van der Waals surface area contributed by atoms with E-state index in [-0.39, 0.29) is 18.4 Å². The van der Waals surface area contributed by atoms with Crippen molar-refractivity contribution in [3.8, 4) is 11.3 Å². The molecular weight excluding hydrogens is 314 g/mol. The molecule has 0 unspecified atom stereocenters. The van der Waals surface area contributed by atoms with Gasteiger partial charge in [-0.15, -0.1) is 12.4 Å². The number of nitrogens with one attached hydrogen (secondary N) is 1. The molecule has 0 atom stereocenters. The van der Waals surface area contributed by atoms with E-state index in [2.05, 4.69) is 5.32 Å². The summed E-state index contributed by atoms with van der Waals surface area (Å²) in [5.74, 6) is 1.44. The number of rotatable bonds is 5. The summed E-state index contributed by atoms with van der Waals surface area (Å²) >= 11 is 0. The first-order valence-electron chi connectivity index (χ1n) is 7.77. The van der Waals surface area contributed by atoms with Crippen LogP contribution in [0.2, 0.25) is 0 Å². The number of halogens is 1. The van der Waals surface area contributed by atoms with E-state index in [9.17, 15) is 4.79 Å². The van der Waals surface area contributed by atoms with Crippen molar-refractivity contribution >= 4 is 18.4 Å². The largest absolute Gasteiger partial charge is 0.465 e. The van der Waals surface area contributed by atoms with Gasteiger partial charge >= 0.3 is 5.97 Å². The molecule has 0 bridgehead atoms. The maximum atomic E-state index is 11.4. The van der Waals surface area contributed by atoms with E-state index in [4.69, 9.17) is 9.15 Å². The molecule has 0 aliphatic heterocycles. The van der Waals surface area contributed by atoms with Crippen LogP contribution in [0.4, 0.5) is 0 Å². The number of benzene rings is 1. The van der Waals surface area contributed by atoms with E-state index in [1.54, 1.807) is 12.1 Å². The Kier molecular flexibility index (Phi) is 6.25. The Morgan fingerprint density at radius 2 is 1.87 bits per heavy atom. The molecule has 1 N–H and O–H groups in total. The summed E-state index contributed by atoms with van der Waals surface area (Å²) in [6.45, 7) is 0.769. The minimum absolute atomic E-state index is 0. The second-order valence-corrected chi connectivity index (χ2v) is 5.70. The number of ether oxygens (including phenoxy) is 1. The van der Waals surface area contributed by atoms with Gasteiger partial charge in [0.2, 0.25) is 0 Å². The van der Waals surface area contributed by atoms with Crippen LogP contribution in [0.25, 0.3) is 11.3 Å². The van der Waals surface area contributed by atoms with Gasteiger partial charge in [0.25, 0.3) is 0 Å². The number of esters is 1. The Hall–Kier alpha value is -1.78. The summed E-state index contributed by atoms with van der Waals surface area (Å²) in [6.07, 6.45) is 5.19. The molecule has 1 saturated carbocycles. The number of carbonyl (C=O) groups is 1. The van der Waals surface area contributed by atoms with Gasteiger partial charge in [0.15, 0.2) is 0 Å². The molecule has 2 aromatic rings. The zero-order valence-corrected chi connectivity index (χ0v) is 14.0. The third kappa shape index (κ3) is 4.36. The van der Waals surface area contributed by atoms with Gasteiger partial charge in [-0.05, 0) is 37.1 Å². The van der Waals surface area contributed by atoms with Gasteiger partial charge in [0, 0.05) is 11.6 Å². The molecule has 3 rings (SSSR count). The van der Waals surface area contributed by atoms with Crippen molar-refractivity contribution in [1.29, 1.82) is 0 Å². The van der Waals surface area contributed by atoms with E-state index in [0.717, 1.165) is 23.6 Å². The molecule has 124 valence electrons. The lowest BCUT2D eigenvalue weighted by atomic mass is 10.1. The van der Waals surface area contributed by atoms with E-state index in [1.807, 2.05) is 24.3 Å². The first kappa shape index (κ1) is 17.6. The fourth-order valence-corrected chi connectivity index (χ4v) is 2.89. The Bertz CT molecular complexity index is 630. The van der Waals surface area contributed by atoms with Crippen molar-refractivity contribution in [2.45, 2.75) is 38.3 Å². The molecule has 5 heteroatoms. The number of hydrogen-bond acceptors (Lipinski definition) is 4. The highest BCUT2D eigenvalue weighted by atomic mass is 35.5. The van der Waals surface area contributed by atoms with Crippen molar-refractivity contribution in [3.63, 3.8) is 0 Å². The predicted molar refractivity (Wildman–Crippen MR) is 91.8 cm³/mol. The summed E-state index contributed by atoms with van der Waals surface area (Å²) in [6, 6.07) is 11.9. The van der Waals surface area contributed by atoms with Crippen LogP contribution in [-0.2, 0) is 11.3 Å². The topological polar surface area (TPSA) is 51.5 Å². The Balaban J connectivity index is 0.00000192. The van der Waals surface area contributed by atoms with Crippen LogP contribution in [0.3, 0.4) is 0 Å². The molecule has 4 nitrogen and oxygen atoms in total. The second-order valence-electron chi connectivity index (χ2n) is 5.70. The number of furan rings is 1. The standard InChI is InChI=1S/C18H21NO3.ClH/c1-21-18(20)14-8-6-13(7-9-14)17-11-10-16(22-17)12-19-15-4-2-3-5-15;/h6-11,15,19H,2-5,12H2,1H3;1H. The highest BCUT2D eigenvalue weighted by Gasteiger charge is 2.15. The predicted octanol–water partition coefficient (Wildman–Crippen LogP) is 4.19. The van der Waals surface area contributed by atoms with Gasteiger partial charge in [0.05, 0.1) is 19.2 Å². The highest BCUT2D eigenvalue weighted by molar-refractivity contribution is 5.89. The second kappa shape index (κ2) is 8.18. The Morgan fingerprint density at radius 1 is 1.17 bits per heavy atom. The maximum Gasteiger partial charge on any atom is 0.337 e. The summed E-state index contributed by atoms with van der Waals surface area (Å²) in [4.78, 5) is 11.4. The van der Waals surface area contributed by atoms with Crippen LogP contribution in [0, 0.1) is 0 Å². The molecule has 1 heterocycles. The first-order valence-corrected chi connectivity index (χ1v) is 7.77. The van der Waals surface area contributed by atoms with Crippen LogP contribution < -0.4 is 5.32 Å². The Labute approximate surface area is 142 Å². The van der Waals surface area contributed by atoms with E-state index in [0.29, 0.717) is 11.6 Å². The van der Waals surface area contributed by atoms with Crippen molar-refractivity contribution < 1.29 is 13.9 Å². The monoisotopic (exact) mass is 335 g/mol. The molecule has 1 fully saturated rings. The van der Waals surface area contributed by atoms with Crippen LogP contribution in [0.5, 0.6) is 0 Å².